The molecule has 17 nitrogen and oxygen atoms in total. The predicted octanol–water partition coefficient (Wildman–Crippen LogP) is -0.938. The van der Waals surface area contributed by atoms with Crippen LogP contribution in [0.1, 0.15) is 86.5 Å². The van der Waals surface area contributed by atoms with E-state index in [9.17, 15) is 60.7 Å². The summed E-state index contributed by atoms with van der Waals surface area (Å²) in [6.45, 7) is 11.0. The van der Waals surface area contributed by atoms with Gasteiger partial charge in [-0.2, -0.15) is 0 Å². The van der Waals surface area contributed by atoms with Crippen LogP contribution in [0.4, 0.5) is 0 Å². The van der Waals surface area contributed by atoms with Gasteiger partial charge in [0.05, 0.1) is 55.6 Å². The second kappa shape index (κ2) is 15.8. The summed E-state index contributed by atoms with van der Waals surface area (Å²) in [4.78, 5) is 26.4. The van der Waals surface area contributed by atoms with Crippen LogP contribution < -0.4 is 0 Å². The highest BCUT2D eigenvalue weighted by Crippen LogP contribution is 2.75. The van der Waals surface area contributed by atoms with Crippen LogP contribution in [-0.4, -0.2) is 169 Å². The van der Waals surface area contributed by atoms with Gasteiger partial charge in [-0.3, -0.25) is 0 Å². The summed E-state index contributed by atoms with van der Waals surface area (Å²) < 4.78 is 28.8. The summed E-state index contributed by atoms with van der Waals surface area (Å²) in [5.74, 6) is -1.64. The molecule has 7 aliphatic rings. The highest BCUT2D eigenvalue weighted by atomic mass is 16.8. The Labute approximate surface area is 350 Å². The van der Waals surface area contributed by atoms with Gasteiger partial charge in [0, 0.05) is 0 Å². The van der Waals surface area contributed by atoms with Crippen LogP contribution >= 0.6 is 0 Å². The van der Waals surface area contributed by atoms with Gasteiger partial charge in [0.1, 0.15) is 49.0 Å². The molecule has 0 radical (unpaired) electrons. The van der Waals surface area contributed by atoms with Gasteiger partial charge in [0.25, 0.3) is 0 Å². The van der Waals surface area contributed by atoms with E-state index >= 15 is 0 Å². The van der Waals surface area contributed by atoms with Gasteiger partial charge in [-0.15, -0.1) is 0 Å². The van der Waals surface area contributed by atoms with Gasteiger partial charge < -0.3 is 79.5 Å². The molecular weight excluding hydrogens is 788 g/mol. The summed E-state index contributed by atoms with van der Waals surface area (Å²) in [6, 6.07) is 0. The molecule has 6 fully saturated rings. The Morgan fingerprint density at radius 3 is 2.10 bits per heavy atom. The summed E-state index contributed by atoms with van der Waals surface area (Å²) in [7, 11) is 1.07. The molecule has 2 aliphatic heterocycles. The number of aliphatic hydroxyl groups excluding tert-OH is 10. The zero-order valence-electron chi connectivity index (χ0n) is 35.7. The van der Waals surface area contributed by atoms with Crippen LogP contribution in [0, 0.1) is 50.2 Å². The minimum Gasteiger partial charge on any atom is -0.467 e. The first-order valence-corrected chi connectivity index (χ1v) is 21.5. The maximum atomic E-state index is 13.6. The van der Waals surface area contributed by atoms with Gasteiger partial charge in [-0.05, 0) is 84.4 Å². The largest absolute Gasteiger partial charge is 0.467 e. The number of fused-ring (bicyclic) bond motifs is 7. The minimum absolute atomic E-state index is 0.0209. The molecular formula is C43H68O17. The average molecular weight is 857 g/mol. The Balaban J connectivity index is 1.20. The quantitative estimate of drug-likeness (QED) is 0.0611. The Bertz CT molecular complexity index is 1660. The number of aldehydes is 1. The van der Waals surface area contributed by atoms with Crippen LogP contribution in [0.25, 0.3) is 0 Å². The van der Waals surface area contributed by atoms with E-state index in [4.69, 9.17) is 23.7 Å². The van der Waals surface area contributed by atoms with E-state index < -0.39 is 138 Å². The van der Waals surface area contributed by atoms with E-state index in [1.807, 2.05) is 20.8 Å². The van der Waals surface area contributed by atoms with Crippen LogP contribution in [0.3, 0.4) is 0 Å². The van der Waals surface area contributed by atoms with Crippen molar-refractivity contribution in [2.45, 2.75) is 172 Å². The van der Waals surface area contributed by atoms with Gasteiger partial charge in [-0.25, -0.2) is 4.79 Å². The van der Waals surface area contributed by atoms with Crippen molar-refractivity contribution in [3.05, 3.63) is 11.6 Å². The van der Waals surface area contributed by atoms with E-state index in [0.29, 0.717) is 38.5 Å². The van der Waals surface area contributed by atoms with Crippen molar-refractivity contribution in [3.63, 3.8) is 0 Å². The molecule has 342 valence electrons. The minimum atomic E-state index is -1.91. The second-order valence-electron chi connectivity index (χ2n) is 20.8. The summed E-state index contributed by atoms with van der Waals surface area (Å²) in [6.07, 6.45) is -15.2. The molecule has 0 aromatic carbocycles. The molecule has 0 spiro atoms. The fourth-order valence-corrected chi connectivity index (χ4v) is 13.9. The van der Waals surface area contributed by atoms with Crippen LogP contribution in [0.15, 0.2) is 11.6 Å². The van der Waals surface area contributed by atoms with Crippen LogP contribution in [-0.2, 0) is 33.3 Å². The van der Waals surface area contributed by atoms with Crippen molar-refractivity contribution in [2.24, 2.45) is 50.2 Å². The third-order valence-corrected chi connectivity index (χ3v) is 17.7. The number of hydrogen-bond donors (Lipinski definition) is 10. The van der Waals surface area contributed by atoms with E-state index in [0.717, 1.165) is 19.0 Å². The zero-order chi connectivity index (χ0) is 44.3. The van der Waals surface area contributed by atoms with Gasteiger partial charge >= 0.3 is 5.97 Å². The molecule has 0 bridgehead atoms. The standard InChI is InChI=1S/C43H68O17/c1-38(2)14-20-19-8-9-23-39(3)12-11-25(40(4,17-45)22(39)10-13-41(23,5)42(19,6)15-24(47)43(20,18-46)34(54)33(38)53)58-37-32(29(51)28(50)31(59-37)35(55)56-7)60-36-30(52)27(49)26(48)21(16-44)57-36/h8,17,20-34,36-37,44,46-54H,9-16,18H2,1-7H3/t20-,21+,22+,23+,24+,25-,26-,27-,28-,29-,30+,31-,32+,33-,34-,36-,37+,39-,40-,41+,42+,43-/m0/s1. The maximum Gasteiger partial charge on any atom is 0.337 e. The lowest BCUT2D eigenvalue weighted by Gasteiger charge is -2.72. The lowest BCUT2D eigenvalue weighted by molar-refractivity contribution is -0.373. The van der Waals surface area contributed by atoms with E-state index in [-0.39, 0.29) is 24.2 Å². The molecule has 0 aromatic rings. The van der Waals surface area contributed by atoms with E-state index in [1.165, 1.54) is 0 Å². The Hall–Kier alpha value is -1.68. The number of aliphatic hydroxyl groups is 10. The van der Waals surface area contributed by atoms with Crippen LogP contribution in [0.5, 0.6) is 0 Å². The number of rotatable bonds is 8. The van der Waals surface area contributed by atoms with E-state index in [1.54, 1.807) is 0 Å². The molecule has 2 heterocycles. The monoisotopic (exact) mass is 856 g/mol. The molecule has 0 amide bonds. The van der Waals surface area contributed by atoms with Crippen molar-refractivity contribution >= 4 is 12.3 Å². The van der Waals surface area contributed by atoms with Crippen molar-refractivity contribution in [1.29, 1.82) is 0 Å². The fourth-order valence-electron chi connectivity index (χ4n) is 13.9. The predicted molar refractivity (Wildman–Crippen MR) is 207 cm³/mol. The zero-order valence-corrected chi connectivity index (χ0v) is 35.7. The van der Waals surface area contributed by atoms with Crippen LogP contribution in [0.2, 0.25) is 0 Å². The SMILES string of the molecule is COC(=O)[C@H]1O[C@@H](O[C@H]2CC[C@]3(C)[C@H]4CC=C5[C@@H]6CC(C)(C)[C@@H](O)[C@H](O)[C@]6(CO)[C@H](O)C[C@@]5(C)[C@]4(C)CC[C@H]3[C@]2(C)C=O)[C@H](O[C@@H]2O[C@H](CO)[C@H](O)[C@H](O)[C@H]2O)[C@@H](O)[C@@H]1O. The fraction of sp³-hybridized carbons (Fsp3) is 0.907. The number of hydrogen-bond acceptors (Lipinski definition) is 17. The normalized spacial score (nSPS) is 55.0. The van der Waals surface area contributed by atoms with Crippen molar-refractivity contribution in [3.8, 4) is 0 Å². The molecule has 4 saturated carbocycles. The van der Waals surface area contributed by atoms with Crippen molar-refractivity contribution in [1.82, 2.24) is 0 Å². The Kier molecular flexibility index (Phi) is 12.2. The first kappa shape index (κ1) is 46.3. The Morgan fingerprint density at radius 1 is 0.800 bits per heavy atom. The highest BCUT2D eigenvalue weighted by Gasteiger charge is 2.73. The molecule has 0 unspecified atom stereocenters. The average Bonchev–Trinajstić information content (AvgIpc) is 3.20. The number of esters is 1. The maximum absolute atomic E-state index is 13.6. The van der Waals surface area contributed by atoms with Crippen molar-refractivity contribution < 1.29 is 84.3 Å². The van der Waals surface area contributed by atoms with Gasteiger partial charge in [0.2, 0.25) is 0 Å². The smallest absolute Gasteiger partial charge is 0.337 e. The number of ether oxygens (including phenoxy) is 5. The number of allylic oxidation sites excluding steroid dienone is 2. The van der Waals surface area contributed by atoms with E-state index in [2.05, 4.69) is 26.8 Å². The lowest BCUT2D eigenvalue weighted by atomic mass is 9.33. The Morgan fingerprint density at radius 2 is 1.48 bits per heavy atom. The molecule has 2 saturated heterocycles. The third-order valence-electron chi connectivity index (χ3n) is 17.7. The van der Waals surface area contributed by atoms with Gasteiger partial charge in [-0.1, -0.05) is 53.2 Å². The first-order chi connectivity index (χ1) is 28.0. The topological polar surface area (TPSA) is 283 Å². The highest BCUT2D eigenvalue weighted by molar-refractivity contribution is 5.75. The molecule has 10 N–H and O–H groups in total. The summed E-state index contributed by atoms with van der Waals surface area (Å²) in [5, 5.41) is 109. The molecule has 17 heteroatoms. The number of carbonyl (C=O) groups excluding carboxylic acids is 2. The molecule has 5 aliphatic carbocycles. The molecule has 0 aromatic heterocycles. The molecule has 7 rings (SSSR count). The number of carbonyl (C=O) groups is 2. The first-order valence-electron chi connectivity index (χ1n) is 21.5. The third kappa shape index (κ3) is 6.38. The molecule has 60 heavy (non-hydrogen) atoms. The van der Waals surface area contributed by atoms with Crippen molar-refractivity contribution in [2.75, 3.05) is 20.3 Å². The molecule has 22 atom stereocenters. The summed E-state index contributed by atoms with van der Waals surface area (Å²) in [5.41, 5.74) is -3.48. The second-order valence-corrected chi connectivity index (χ2v) is 20.8. The number of methoxy groups -OCH3 is 1. The van der Waals surface area contributed by atoms with Gasteiger partial charge in [0.15, 0.2) is 18.7 Å². The summed E-state index contributed by atoms with van der Waals surface area (Å²) >= 11 is 0. The lowest BCUT2D eigenvalue weighted by Crippen LogP contribution is -2.71.